The van der Waals surface area contributed by atoms with Gasteiger partial charge in [0, 0.05) is 18.7 Å². The predicted octanol–water partition coefficient (Wildman–Crippen LogP) is 3.27. The molecule has 0 unspecified atom stereocenters. The molecule has 0 saturated heterocycles. The molecule has 1 aromatic carbocycles. The van der Waals surface area contributed by atoms with Crippen LogP contribution in [0.15, 0.2) is 23.0 Å². The van der Waals surface area contributed by atoms with Crippen LogP contribution < -0.4 is 5.56 Å². The molecule has 1 aromatic heterocycles. The molecule has 0 saturated carbocycles. The molecule has 0 bridgehead atoms. The van der Waals surface area contributed by atoms with Gasteiger partial charge >= 0.3 is 0 Å². The topological polar surface area (TPSA) is 66.1 Å². The zero-order valence-corrected chi connectivity index (χ0v) is 14.2. The van der Waals surface area contributed by atoms with E-state index in [1.54, 1.807) is 25.1 Å². The molecule has 1 heterocycles. The van der Waals surface area contributed by atoms with Crippen LogP contribution in [0.1, 0.15) is 55.7 Å². The van der Waals surface area contributed by atoms with Crippen molar-refractivity contribution in [3.63, 3.8) is 0 Å². The summed E-state index contributed by atoms with van der Waals surface area (Å²) in [5.41, 5.74) is 1.01. The summed E-state index contributed by atoms with van der Waals surface area (Å²) < 4.78 is 0. The predicted molar refractivity (Wildman–Crippen MR) is 92.8 cm³/mol. The van der Waals surface area contributed by atoms with Crippen LogP contribution in [0, 0.1) is 6.92 Å². The summed E-state index contributed by atoms with van der Waals surface area (Å²) in [7, 11) is 0. The first-order valence-corrected chi connectivity index (χ1v) is 8.36. The number of unbranched alkanes of at least 4 members (excludes halogenated alkanes) is 2. The van der Waals surface area contributed by atoms with Gasteiger partial charge in [-0.15, -0.1) is 0 Å². The van der Waals surface area contributed by atoms with E-state index in [9.17, 15) is 9.59 Å². The standard InChI is InChI=1S/C18H25N3O2/c1-4-6-10-21(11-7-5-2)18(23)14-8-9-15-16(12-14)19-13(3)20-17(15)22/h8-9,12H,4-7,10-11H2,1-3H3,(H,19,20,22). The average molecular weight is 315 g/mol. The van der Waals surface area contributed by atoms with Crippen molar-refractivity contribution in [2.45, 2.75) is 46.5 Å². The van der Waals surface area contributed by atoms with Crippen LogP contribution in [0.2, 0.25) is 0 Å². The van der Waals surface area contributed by atoms with E-state index < -0.39 is 0 Å². The maximum absolute atomic E-state index is 12.8. The summed E-state index contributed by atoms with van der Waals surface area (Å²) in [6, 6.07) is 5.14. The molecule has 1 N–H and O–H groups in total. The normalized spacial score (nSPS) is 10.9. The molecule has 0 atom stereocenters. The highest BCUT2D eigenvalue weighted by atomic mass is 16.2. The Morgan fingerprint density at radius 1 is 1.17 bits per heavy atom. The minimum Gasteiger partial charge on any atom is -0.339 e. The van der Waals surface area contributed by atoms with Crippen molar-refractivity contribution in [1.29, 1.82) is 0 Å². The van der Waals surface area contributed by atoms with E-state index in [1.807, 2.05) is 4.90 Å². The number of amides is 1. The number of nitrogens with zero attached hydrogens (tertiary/aromatic N) is 2. The SMILES string of the molecule is CCCCN(CCCC)C(=O)c1ccc2c(=O)[nH]c(C)nc2c1. The van der Waals surface area contributed by atoms with Gasteiger partial charge in [0.25, 0.3) is 11.5 Å². The third kappa shape index (κ3) is 4.18. The molecule has 2 aromatic rings. The summed E-state index contributed by atoms with van der Waals surface area (Å²) in [6.45, 7) is 7.53. The minimum atomic E-state index is -0.166. The first kappa shape index (κ1) is 17.2. The Morgan fingerprint density at radius 3 is 2.43 bits per heavy atom. The fourth-order valence-corrected chi connectivity index (χ4v) is 2.58. The van der Waals surface area contributed by atoms with Crippen LogP contribution in [0.25, 0.3) is 10.9 Å². The maximum atomic E-state index is 12.8. The average Bonchev–Trinajstić information content (AvgIpc) is 2.53. The van der Waals surface area contributed by atoms with Gasteiger partial charge in [-0.05, 0) is 38.0 Å². The van der Waals surface area contributed by atoms with Gasteiger partial charge in [-0.25, -0.2) is 4.98 Å². The Labute approximate surface area is 136 Å². The van der Waals surface area contributed by atoms with Crippen molar-refractivity contribution in [3.05, 3.63) is 39.9 Å². The Balaban J connectivity index is 2.32. The highest BCUT2D eigenvalue weighted by Crippen LogP contribution is 2.14. The Hall–Kier alpha value is -2.17. The van der Waals surface area contributed by atoms with Gasteiger partial charge in [-0.3, -0.25) is 9.59 Å². The number of aryl methyl sites for hydroxylation is 1. The molecule has 0 aliphatic heterocycles. The van der Waals surface area contributed by atoms with Crippen molar-refractivity contribution < 1.29 is 4.79 Å². The monoisotopic (exact) mass is 315 g/mol. The fourth-order valence-electron chi connectivity index (χ4n) is 2.58. The molecule has 2 rings (SSSR count). The van der Waals surface area contributed by atoms with Gasteiger partial charge in [0.05, 0.1) is 10.9 Å². The molecule has 23 heavy (non-hydrogen) atoms. The second-order valence-electron chi connectivity index (χ2n) is 5.88. The molecule has 5 nitrogen and oxygen atoms in total. The number of fused-ring (bicyclic) bond motifs is 1. The lowest BCUT2D eigenvalue weighted by molar-refractivity contribution is 0.0751. The Bertz CT molecular complexity index is 729. The molecule has 0 radical (unpaired) electrons. The molecule has 0 aliphatic rings. The van der Waals surface area contributed by atoms with Gasteiger partial charge in [-0.2, -0.15) is 0 Å². The van der Waals surface area contributed by atoms with E-state index in [-0.39, 0.29) is 11.5 Å². The van der Waals surface area contributed by atoms with Crippen molar-refractivity contribution in [3.8, 4) is 0 Å². The van der Waals surface area contributed by atoms with Crippen molar-refractivity contribution in [2.75, 3.05) is 13.1 Å². The molecule has 0 spiro atoms. The van der Waals surface area contributed by atoms with Gasteiger partial charge in [0.15, 0.2) is 0 Å². The number of aromatic nitrogens is 2. The molecule has 124 valence electrons. The van der Waals surface area contributed by atoms with E-state index in [1.165, 1.54) is 0 Å². The van der Waals surface area contributed by atoms with Crippen molar-refractivity contribution in [2.24, 2.45) is 0 Å². The number of hydrogen-bond acceptors (Lipinski definition) is 3. The van der Waals surface area contributed by atoms with Crippen LogP contribution in [-0.4, -0.2) is 33.9 Å². The zero-order chi connectivity index (χ0) is 16.8. The third-order valence-electron chi connectivity index (χ3n) is 3.92. The molecule has 0 fully saturated rings. The van der Waals surface area contributed by atoms with E-state index >= 15 is 0 Å². The summed E-state index contributed by atoms with van der Waals surface area (Å²) >= 11 is 0. The number of hydrogen-bond donors (Lipinski definition) is 1. The summed E-state index contributed by atoms with van der Waals surface area (Å²) in [5.74, 6) is 0.578. The van der Waals surface area contributed by atoms with E-state index in [0.717, 1.165) is 38.8 Å². The molecule has 5 heteroatoms. The number of H-pyrrole nitrogens is 1. The fraction of sp³-hybridized carbons (Fsp3) is 0.500. The first-order chi connectivity index (χ1) is 11.1. The van der Waals surface area contributed by atoms with E-state index in [0.29, 0.717) is 22.3 Å². The zero-order valence-electron chi connectivity index (χ0n) is 14.2. The minimum absolute atomic E-state index is 0.0218. The van der Waals surface area contributed by atoms with Crippen LogP contribution in [0.3, 0.4) is 0 Å². The Kier molecular flexibility index (Phi) is 5.90. The highest BCUT2D eigenvalue weighted by molar-refractivity contribution is 5.97. The second-order valence-corrected chi connectivity index (χ2v) is 5.88. The quantitative estimate of drug-likeness (QED) is 0.852. The molecule has 1 amide bonds. The van der Waals surface area contributed by atoms with Crippen LogP contribution in [0.4, 0.5) is 0 Å². The number of carbonyl (C=O) groups is 1. The number of aromatic amines is 1. The van der Waals surface area contributed by atoms with Gasteiger partial charge in [0.1, 0.15) is 5.82 Å². The van der Waals surface area contributed by atoms with Gasteiger partial charge in [0.2, 0.25) is 0 Å². The summed E-state index contributed by atoms with van der Waals surface area (Å²) in [6.07, 6.45) is 4.12. The lowest BCUT2D eigenvalue weighted by atomic mass is 10.1. The number of nitrogens with one attached hydrogen (secondary N) is 1. The van der Waals surface area contributed by atoms with Crippen molar-refractivity contribution in [1.82, 2.24) is 14.9 Å². The lowest BCUT2D eigenvalue weighted by Crippen LogP contribution is -2.33. The molecular weight excluding hydrogens is 290 g/mol. The van der Waals surface area contributed by atoms with E-state index in [4.69, 9.17) is 0 Å². The summed E-state index contributed by atoms with van der Waals surface area (Å²) in [4.78, 5) is 33.6. The molecular formula is C18H25N3O2. The number of benzene rings is 1. The third-order valence-corrected chi connectivity index (χ3v) is 3.92. The van der Waals surface area contributed by atoms with Crippen LogP contribution >= 0.6 is 0 Å². The Morgan fingerprint density at radius 2 is 1.83 bits per heavy atom. The van der Waals surface area contributed by atoms with Crippen LogP contribution in [-0.2, 0) is 0 Å². The molecule has 0 aliphatic carbocycles. The largest absolute Gasteiger partial charge is 0.339 e. The highest BCUT2D eigenvalue weighted by Gasteiger charge is 2.16. The maximum Gasteiger partial charge on any atom is 0.258 e. The van der Waals surface area contributed by atoms with Crippen molar-refractivity contribution >= 4 is 16.8 Å². The smallest absolute Gasteiger partial charge is 0.258 e. The number of carbonyl (C=O) groups excluding carboxylic acids is 1. The number of rotatable bonds is 7. The lowest BCUT2D eigenvalue weighted by Gasteiger charge is -2.22. The summed E-state index contributed by atoms with van der Waals surface area (Å²) in [5, 5.41) is 0.515. The van der Waals surface area contributed by atoms with Crippen LogP contribution in [0.5, 0.6) is 0 Å². The first-order valence-electron chi connectivity index (χ1n) is 8.36. The van der Waals surface area contributed by atoms with E-state index in [2.05, 4.69) is 23.8 Å². The van der Waals surface area contributed by atoms with Gasteiger partial charge < -0.3 is 9.88 Å². The second kappa shape index (κ2) is 7.90. The van der Waals surface area contributed by atoms with Gasteiger partial charge in [-0.1, -0.05) is 26.7 Å².